The summed E-state index contributed by atoms with van der Waals surface area (Å²) in [5.74, 6) is -6.23. The van der Waals surface area contributed by atoms with Gasteiger partial charge >= 0.3 is 11.9 Å². The zero-order valence-electron chi connectivity index (χ0n) is 9.75. The third-order valence-corrected chi connectivity index (χ3v) is 2.21. The zero-order valence-corrected chi connectivity index (χ0v) is 9.75. The van der Waals surface area contributed by atoms with Gasteiger partial charge in [-0.3, -0.25) is 19.7 Å². The molecule has 1 aromatic rings. The van der Waals surface area contributed by atoms with Crippen molar-refractivity contribution in [3.05, 3.63) is 33.9 Å². The summed E-state index contributed by atoms with van der Waals surface area (Å²) in [4.78, 5) is 31.3. The van der Waals surface area contributed by atoms with E-state index >= 15 is 0 Å². The second-order valence-corrected chi connectivity index (χ2v) is 3.63. The number of carboxylic acids is 2. The van der Waals surface area contributed by atoms with Crippen LogP contribution in [0.1, 0.15) is 0 Å². The van der Waals surface area contributed by atoms with Gasteiger partial charge in [-0.05, 0) is 6.07 Å². The normalized spacial score (nSPS) is 10.1. The number of carbonyl (C=O) groups is 2. The largest absolute Gasteiger partial charge is 0.480 e. The summed E-state index contributed by atoms with van der Waals surface area (Å²) in [5.41, 5.74) is -1.94. The van der Waals surface area contributed by atoms with E-state index in [4.69, 9.17) is 10.2 Å². The molecular formula is C10H8F2N2O6. The number of rotatable bonds is 6. The summed E-state index contributed by atoms with van der Waals surface area (Å²) in [7, 11) is 0. The fourth-order valence-electron chi connectivity index (χ4n) is 1.52. The maximum absolute atomic E-state index is 13.7. The van der Waals surface area contributed by atoms with Gasteiger partial charge in [-0.2, -0.15) is 0 Å². The smallest absolute Gasteiger partial charge is 0.323 e. The molecule has 0 aliphatic heterocycles. The number of aliphatic carboxylic acids is 2. The highest BCUT2D eigenvalue weighted by molar-refractivity contribution is 5.82. The minimum absolute atomic E-state index is 0.362. The lowest BCUT2D eigenvalue weighted by molar-refractivity contribution is -0.384. The molecule has 1 aromatic carbocycles. The van der Waals surface area contributed by atoms with Crippen LogP contribution < -0.4 is 4.90 Å². The Kier molecular flexibility index (Phi) is 4.51. The molecule has 20 heavy (non-hydrogen) atoms. The zero-order chi connectivity index (χ0) is 15.4. The first-order valence-corrected chi connectivity index (χ1v) is 5.05. The van der Waals surface area contributed by atoms with Crippen LogP contribution in [0.15, 0.2) is 12.1 Å². The number of halogens is 2. The minimum Gasteiger partial charge on any atom is -0.480 e. The van der Waals surface area contributed by atoms with Crippen molar-refractivity contribution in [3.63, 3.8) is 0 Å². The average Bonchev–Trinajstić information content (AvgIpc) is 2.29. The lowest BCUT2D eigenvalue weighted by atomic mass is 10.2. The van der Waals surface area contributed by atoms with E-state index in [9.17, 15) is 28.5 Å². The lowest BCUT2D eigenvalue weighted by Gasteiger charge is -2.20. The number of anilines is 1. The Balaban J connectivity index is 3.43. The molecule has 0 heterocycles. The maximum atomic E-state index is 13.7. The van der Waals surface area contributed by atoms with Crippen LogP contribution >= 0.6 is 0 Å². The van der Waals surface area contributed by atoms with E-state index in [2.05, 4.69) is 0 Å². The first kappa shape index (κ1) is 15.3. The van der Waals surface area contributed by atoms with Crippen molar-refractivity contribution >= 4 is 23.3 Å². The maximum Gasteiger partial charge on any atom is 0.323 e. The Morgan fingerprint density at radius 1 is 1.20 bits per heavy atom. The average molecular weight is 290 g/mol. The van der Waals surface area contributed by atoms with Gasteiger partial charge in [0.15, 0.2) is 17.3 Å². The van der Waals surface area contributed by atoms with Gasteiger partial charge in [0, 0.05) is 6.07 Å². The highest BCUT2D eigenvalue weighted by atomic mass is 19.2. The monoisotopic (exact) mass is 290 g/mol. The van der Waals surface area contributed by atoms with E-state index in [1.807, 2.05) is 0 Å². The first-order chi connectivity index (χ1) is 9.23. The van der Waals surface area contributed by atoms with E-state index in [0.717, 1.165) is 0 Å². The van der Waals surface area contributed by atoms with Crippen molar-refractivity contribution in [3.8, 4) is 0 Å². The van der Waals surface area contributed by atoms with Gasteiger partial charge in [0.25, 0.3) is 5.69 Å². The summed E-state index contributed by atoms with van der Waals surface area (Å²) in [6, 6.07) is 1.13. The quantitative estimate of drug-likeness (QED) is 0.588. The van der Waals surface area contributed by atoms with Crippen LogP contribution in [-0.4, -0.2) is 40.2 Å². The topological polar surface area (TPSA) is 121 Å². The van der Waals surface area contributed by atoms with Gasteiger partial charge in [-0.1, -0.05) is 0 Å². The van der Waals surface area contributed by atoms with Crippen molar-refractivity contribution in [2.24, 2.45) is 0 Å². The Hall–Kier alpha value is -2.78. The Morgan fingerprint density at radius 3 is 2.10 bits per heavy atom. The van der Waals surface area contributed by atoms with Crippen molar-refractivity contribution in [2.75, 3.05) is 18.0 Å². The number of hydrogen-bond acceptors (Lipinski definition) is 5. The van der Waals surface area contributed by atoms with Gasteiger partial charge in [-0.15, -0.1) is 0 Å². The molecule has 1 rings (SSSR count). The van der Waals surface area contributed by atoms with E-state index in [-0.39, 0.29) is 0 Å². The number of nitro groups is 1. The molecule has 2 N–H and O–H groups in total. The number of hydrogen-bond donors (Lipinski definition) is 2. The lowest BCUT2D eigenvalue weighted by Crippen LogP contribution is -2.35. The van der Waals surface area contributed by atoms with Crippen LogP contribution in [0.4, 0.5) is 20.2 Å². The standard InChI is InChI=1S/C10H8F2N2O6/c11-5-1-2-6(14(19)20)10(9(5)12)13(3-7(15)16)4-8(17)18/h1-2H,3-4H2,(H,15,16)(H,17,18). The number of benzene rings is 1. The Bertz CT molecular complexity index is 561. The second kappa shape index (κ2) is 5.91. The third-order valence-electron chi connectivity index (χ3n) is 2.21. The second-order valence-electron chi connectivity index (χ2n) is 3.63. The van der Waals surface area contributed by atoms with Gasteiger partial charge in [0.05, 0.1) is 4.92 Å². The van der Waals surface area contributed by atoms with Crippen LogP contribution in [0.3, 0.4) is 0 Å². The Labute approximate surface area is 110 Å². The van der Waals surface area contributed by atoms with Crippen LogP contribution in [0.25, 0.3) is 0 Å². The summed E-state index contributed by atoms with van der Waals surface area (Å²) in [6.45, 7) is -2.07. The summed E-state index contributed by atoms with van der Waals surface area (Å²) < 4.78 is 26.8. The molecule has 0 aromatic heterocycles. The van der Waals surface area contributed by atoms with Crippen LogP contribution in [0, 0.1) is 21.7 Å². The van der Waals surface area contributed by atoms with Crippen molar-refractivity contribution in [1.82, 2.24) is 0 Å². The highest BCUT2D eigenvalue weighted by Crippen LogP contribution is 2.32. The van der Waals surface area contributed by atoms with Gasteiger partial charge < -0.3 is 15.1 Å². The molecule has 0 aliphatic carbocycles. The molecule has 108 valence electrons. The molecule has 0 amide bonds. The predicted octanol–water partition coefficient (Wildman–Crippen LogP) is 0.849. The van der Waals surface area contributed by atoms with Gasteiger partial charge in [0.1, 0.15) is 13.1 Å². The SMILES string of the molecule is O=C(O)CN(CC(=O)O)c1c([N+](=O)[O-])ccc(F)c1F. The van der Waals surface area contributed by atoms with Crippen LogP contribution in [-0.2, 0) is 9.59 Å². The summed E-state index contributed by atoms with van der Waals surface area (Å²) in [5, 5.41) is 28.0. The number of nitrogens with zero attached hydrogens (tertiary/aromatic N) is 2. The fraction of sp³-hybridized carbons (Fsp3) is 0.200. The third kappa shape index (κ3) is 3.37. The molecule has 8 nitrogen and oxygen atoms in total. The predicted molar refractivity (Wildman–Crippen MR) is 60.5 cm³/mol. The van der Waals surface area contributed by atoms with E-state index in [0.29, 0.717) is 17.0 Å². The molecule has 0 bridgehead atoms. The molecule has 0 saturated heterocycles. The molecule has 0 radical (unpaired) electrons. The molecule has 0 fully saturated rings. The molecular weight excluding hydrogens is 282 g/mol. The van der Waals surface area contributed by atoms with Crippen molar-refractivity contribution < 1.29 is 33.5 Å². The van der Waals surface area contributed by atoms with Crippen LogP contribution in [0.5, 0.6) is 0 Å². The summed E-state index contributed by atoms with van der Waals surface area (Å²) >= 11 is 0. The van der Waals surface area contributed by atoms with E-state index < -0.39 is 53.0 Å². The van der Waals surface area contributed by atoms with Crippen LogP contribution in [0.2, 0.25) is 0 Å². The molecule has 0 atom stereocenters. The van der Waals surface area contributed by atoms with Gasteiger partial charge in [-0.25, -0.2) is 8.78 Å². The number of carboxylic acid groups (broad SMARTS) is 2. The fourth-order valence-corrected chi connectivity index (χ4v) is 1.52. The molecule has 10 heteroatoms. The first-order valence-electron chi connectivity index (χ1n) is 5.05. The Morgan fingerprint density at radius 2 is 1.70 bits per heavy atom. The molecule has 0 saturated carbocycles. The molecule has 0 aliphatic rings. The highest BCUT2D eigenvalue weighted by Gasteiger charge is 2.29. The van der Waals surface area contributed by atoms with Gasteiger partial charge in [0.2, 0.25) is 0 Å². The van der Waals surface area contributed by atoms with Crippen molar-refractivity contribution in [2.45, 2.75) is 0 Å². The van der Waals surface area contributed by atoms with E-state index in [1.54, 1.807) is 0 Å². The summed E-state index contributed by atoms with van der Waals surface area (Å²) in [6.07, 6.45) is 0. The van der Waals surface area contributed by atoms with Crippen molar-refractivity contribution in [1.29, 1.82) is 0 Å². The number of nitro benzene ring substituents is 1. The molecule has 0 unspecified atom stereocenters. The molecule has 0 spiro atoms. The van der Waals surface area contributed by atoms with E-state index in [1.165, 1.54) is 0 Å². The minimum atomic E-state index is -1.68.